The monoisotopic (exact) mass is 313 g/mol. The highest BCUT2D eigenvalue weighted by atomic mass is 32.2. The van der Waals surface area contributed by atoms with E-state index in [1.165, 1.54) is 12.1 Å². The van der Waals surface area contributed by atoms with Crippen LogP contribution in [0.4, 0.5) is 0 Å². The van der Waals surface area contributed by atoms with Gasteiger partial charge in [-0.2, -0.15) is 0 Å². The van der Waals surface area contributed by atoms with E-state index in [0.29, 0.717) is 44.1 Å². The molecule has 2 N–H and O–H groups in total. The Kier molecular flexibility index (Phi) is 4.05. The number of fused-ring (bicyclic) bond motifs is 1. The molecule has 1 aliphatic carbocycles. The van der Waals surface area contributed by atoms with Crippen molar-refractivity contribution in [3.8, 4) is 11.5 Å². The largest absolute Gasteiger partial charge is 0.490 e. The molecule has 0 bridgehead atoms. The molecule has 1 aromatic carbocycles. The Morgan fingerprint density at radius 3 is 2.62 bits per heavy atom. The van der Waals surface area contributed by atoms with E-state index in [4.69, 9.17) is 9.47 Å². The molecule has 0 spiro atoms. The van der Waals surface area contributed by atoms with Gasteiger partial charge in [-0.3, -0.25) is 0 Å². The first-order valence-electron chi connectivity index (χ1n) is 7.12. The molecule has 6 nitrogen and oxygen atoms in total. The Labute approximate surface area is 124 Å². The lowest BCUT2D eigenvalue weighted by Gasteiger charge is -2.31. The second-order valence-corrected chi connectivity index (χ2v) is 7.27. The summed E-state index contributed by atoms with van der Waals surface area (Å²) in [7, 11) is -3.56. The van der Waals surface area contributed by atoms with Crippen molar-refractivity contribution in [1.82, 2.24) is 4.72 Å². The third-order valence-corrected chi connectivity index (χ3v) is 5.22. The standard InChI is InChI=1S/C14H19NO5S/c16-11-6-10(7-11)9-15-21(17,18)12-2-3-13-14(8-12)20-5-1-4-19-13/h2-3,8,10-11,15-16H,1,4-7,9H2. The molecule has 1 fully saturated rings. The summed E-state index contributed by atoms with van der Waals surface area (Å²) in [5.41, 5.74) is 0. The molecule has 1 aliphatic heterocycles. The molecule has 0 saturated heterocycles. The maximum Gasteiger partial charge on any atom is 0.240 e. The molecule has 3 rings (SSSR count). The number of nitrogens with one attached hydrogen (secondary N) is 1. The normalized spacial score (nSPS) is 25.0. The number of hydrogen-bond donors (Lipinski definition) is 2. The number of ether oxygens (including phenoxy) is 2. The van der Waals surface area contributed by atoms with Crippen LogP contribution in [0.2, 0.25) is 0 Å². The lowest BCUT2D eigenvalue weighted by atomic mass is 9.83. The quantitative estimate of drug-likeness (QED) is 0.862. The lowest BCUT2D eigenvalue weighted by molar-refractivity contribution is 0.0453. The Morgan fingerprint density at radius 2 is 1.90 bits per heavy atom. The van der Waals surface area contributed by atoms with Gasteiger partial charge in [-0.1, -0.05) is 0 Å². The fourth-order valence-electron chi connectivity index (χ4n) is 2.49. The molecule has 0 unspecified atom stereocenters. The van der Waals surface area contributed by atoms with Crippen molar-refractivity contribution < 1.29 is 23.0 Å². The molecule has 116 valence electrons. The molecule has 0 atom stereocenters. The van der Waals surface area contributed by atoms with Crippen LogP contribution in [0.15, 0.2) is 23.1 Å². The SMILES string of the molecule is O=S(=O)(NCC1CC(O)C1)c1ccc2c(c1)OCCCO2. The number of hydrogen-bond acceptors (Lipinski definition) is 5. The lowest BCUT2D eigenvalue weighted by Crippen LogP contribution is -2.38. The van der Waals surface area contributed by atoms with Crippen molar-refractivity contribution in [3.05, 3.63) is 18.2 Å². The van der Waals surface area contributed by atoms with E-state index in [-0.39, 0.29) is 16.9 Å². The Morgan fingerprint density at radius 1 is 1.19 bits per heavy atom. The minimum atomic E-state index is -3.56. The van der Waals surface area contributed by atoms with Crippen molar-refractivity contribution >= 4 is 10.0 Å². The van der Waals surface area contributed by atoms with Gasteiger partial charge in [-0.05, 0) is 30.9 Å². The molecular weight excluding hydrogens is 294 g/mol. The van der Waals surface area contributed by atoms with Crippen molar-refractivity contribution in [2.24, 2.45) is 5.92 Å². The summed E-state index contributed by atoms with van der Waals surface area (Å²) in [5, 5.41) is 9.22. The third kappa shape index (κ3) is 3.30. The van der Waals surface area contributed by atoms with Gasteiger partial charge in [0.15, 0.2) is 11.5 Å². The van der Waals surface area contributed by atoms with Gasteiger partial charge in [0.05, 0.1) is 24.2 Å². The summed E-state index contributed by atoms with van der Waals surface area (Å²) in [6, 6.07) is 4.65. The van der Waals surface area contributed by atoms with E-state index in [0.717, 1.165) is 6.42 Å². The molecule has 1 aromatic rings. The van der Waals surface area contributed by atoms with Crippen molar-refractivity contribution in [2.75, 3.05) is 19.8 Å². The Bertz CT molecular complexity index is 610. The summed E-state index contributed by atoms with van der Waals surface area (Å²) in [5.74, 6) is 1.26. The van der Waals surface area contributed by atoms with Gasteiger partial charge in [0.2, 0.25) is 10.0 Å². The molecule has 0 radical (unpaired) electrons. The molecule has 0 aromatic heterocycles. The van der Waals surface area contributed by atoms with Gasteiger partial charge in [0.1, 0.15) is 0 Å². The average molecular weight is 313 g/mol. The van der Waals surface area contributed by atoms with Crippen LogP contribution in [0.25, 0.3) is 0 Å². The number of aliphatic hydroxyl groups is 1. The van der Waals surface area contributed by atoms with E-state index < -0.39 is 10.0 Å². The topological polar surface area (TPSA) is 84.9 Å². The van der Waals surface area contributed by atoms with Crippen LogP contribution in [0.3, 0.4) is 0 Å². The average Bonchev–Trinajstić information content (AvgIpc) is 2.66. The van der Waals surface area contributed by atoms with Crippen LogP contribution in [0, 0.1) is 5.92 Å². The molecule has 1 heterocycles. The second-order valence-electron chi connectivity index (χ2n) is 5.50. The molecule has 0 amide bonds. The van der Waals surface area contributed by atoms with Gasteiger partial charge < -0.3 is 14.6 Å². The van der Waals surface area contributed by atoms with Crippen LogP contribution >= 0.6 is 0 Å². The number of rotatable bonds is 4. The zero-order valence-corrected chi connectivity index (χ0v) is 12.4. The highest BCUT2D eigenvalue weighted by Crippen LogP contribution is 2.32. The summed E-state index contributed by atoms with van der Waals surface area (Å²) in [4.78, 5) is 0.173. The van der Waals surface area contributed by atoms with Gasteiger partial charge in [0, 0.05) is 19.0 Å². The maximum absolute atomic E-state index is 12.3. The fraction of sp³-hybridized carbons (Fsp3) is 0.571. The minimum absolute atomic E-state index is 0.173. The zero-order chi connectivity index (χ0) is 14.9. The molecule has 21 heavy (non-hydrogen) atoms. The first-order chi connectivity index (χ1) is 10.0. The predicted octanol–water partition coefficient (Wildman–Crippen LogP) is 0.897. The highest BCUT2D eigenvalue weighted by molar-refractivity contribution is 7.89. The first kappa shape index (κ1) is 14.6. The fourth-order valence-corrected chi connectivity index (χ4v) is 3.62. The van der Waals surface area contributed by atoms with Gasteiger partial charge in [-0.25, -0.2) is 13.1 Å². The van der Waals surface area contributed by atoms with E-state index in [2.05, 4.69) is 4.72 Å². The van der Waals surface area contributed by atoms with Crippen LogP contribution in [-0.4, -0.2) is 39.4 Å². The van der Waals surface area contributed by atoms with Crippen LogP contribution in [0.1, 0.15) is 19.3 Å². The van der Waals surface area contributed by atoms with E-state index >= 15 is 0 Å². The molecule has 1 saturated carbocycles. The summed E-state index contributed by atoms with van der Waals surface area (Å²) in [6.07, 6.45) is 1.81. The molecule has 2 aliphatic rings. The van der Waals surface area contributed by atoms with E-state index in [9.17, 15) is 13.5 Å². The zero-order valence-electron chi connectivity index (χ0n) is 11.6. The number of aliphatic hydroxyl groups excluding tert-OH is 1. The molecule has 7 heteroatoms. The van der Waals surface area contributed by atoms with E-state index in [1.54, 1.807) is 6.07 Å². The number of sulfonamides is 1. The van der Waals surface area contributed by atoms with E-state index in [1.807, 2.05) is 0 Å². The summed E-state index contributed by atoms with van der Waals surface area (Å²) >= 11 is 0. The predicted molar refractivity (Wildman–Crippen MR) is 76.0 cm³/mol. The minimum Gasteiger partial charge on any atom is -0.490 e. The van der Waals surface area contributed by atoms with Gasteiger partial charge in [0.25, 0.3) is 0 Å². The Balaban J connectivity index is 1.71. The van der Waals surface area contributed by atoms with Gasteiger partial charge in [-0.15, -0.1) is 0 Å². The highest BCUT2D eigenvalue weighted by Gasteiger charge is 2.28. The van der Waals surface area contributed by atoms with Gasteiger partial charge >= 0.3 is 0 Å². The van der Waals surface area contributed by atoms with Crippen molar-refractivity contribution in [2.45, 2.75) is 30.3 Å². The Hall–Kier alpha value is -1.31. The smallest absolute Gasteiger partial charge is 0.240 e. The first-order valence-corrected chi connectivity index (χ1v) is 8.60. The second kappa shape index (κ2) is 5.82. The van der Waals surface area contributed by atoms with Crippen LogP contribution < -0.4 is 14.2 Å². The summed E-state index contributed by atoms with van der Waals surface area (Å²) in [6.45, 7) is 1.44. The summed E-state index contributed by atoms with van der Waals surface area (Å²) < 4.78 is 38.1. The number of benzene rings is 1. The molecular formula is C14H19NO5S. The van der Waals surface area contributed by atoms with Crippen LogP contribution in [-0.2, 0) is 10.0 Å². The van der Waals surface area contributed by atoms with Crippen LogP contribution in [0.5, 0.6) is 11.5 Å². The third-order valence-electron chi connectivity index (χ3n) is 3.80. The van der Waals surface area contributed by atoms with Crippen molar-refractivity contribution in [1.29, 1.82) is 0 Å². The maximum atomic E-state index is 12.3. The van der Waals surface area contributed by atoms with Crippen molar-refractivity contribution in [3.63, 3.8) is 0 Å².